The summed E-state index contributed by atoms with van der Waals surface area (Å²) in [5.41, 5.74) is 8.90. The average Bonchev–Trinajstić information content (AvgIpc) is 2.09. The number of hydrogen-bond acceptors (Lipinski definition) is 2. The number of carboxylic acids is 1. The van der Waals surface area contributed by atoms with Gasteiger partial charge in [-0.1, -0.05) is 6.07 Å². The zero-order valence-electron chi connectivity index (χ0n) is 9.37. The van der Waals surface area contributed by atoms with Crippen LogP contribution in [0.1, 0.15) is 34.0 Å². The second-order valence-electron chi connectivity index (χ2n) is 4.07. The van der Waals surface area contributed by atoms with Crippen LogP contribution >= 0.6 is 0 Å². The second kappa shape index (κ2) is 4.45. The molecule has 1 rings (SSSR count). The molecule has 0 saturated carbocycles. The van der Waals surface area contributed by atoms with Crippen LogP contribution in [0.15, 0.2) is 12.1 Å². The van der Waals surface area contributed by atoms with Crippen LogP contribution in [0.25, 0.3) is 0 Å². The highest BCUT2D eigenvalue weighted by molar-refractivity contribution is 5.90. The summed E-state index contributed by atoms with van der Waals surface area (Å²) < 4.78 is 0. The van der Waals surface area contributed by atoms with Gasteiger partial charge in [-0.25, -0.2) is 4.79 Å². The molecule has 1 aromatic carbocycles. The van der Waals surface area contributed by atoms with Gasteiger partial charge in [0.1, 0.15) is 0 Å². The van der Waals surface area contributed by atoms with Gasteiger partial charge in [-0.15, -0.1) is 0 Å². The van der Waals surface area contributed by atoms with Gasteiger partial charge < -0.3 is 10.8 Å². The van der Waals surface area contributed by atoms with Gasteiger partial charge in [0.2, 0.25) is 0 Å². The Balaban J connectivity index is 3.17. The van der Waals surface area contributed by atoms with Crippen molar-refractivity contribution >= 4 is 5.97 Å². The van der Waals surface area contributed by atoms with Crippen molar-refractivity contribution in [2.45, 2.75) is 33.2 Å². The molecule has 0 fully saturated rings. The number of rotatable bonds is 3. The van der Waals surface area contributed by atoms with Crippen molar-refractivity contribution in [2.75, 3.05) is 0 Å². The average molecular weight is 207 g/mol. The highest BCUT2D eigenvalue weighted by Gasteiger charge is 2.11. The van der Waals surface area contributed by atoms with Crippen molar-refractivity contribution in [1.29, 1.82) is 0 Å². The molecule has 3 heteroatoms. The van der Waals surface area contributed by atoms with Gasteiger partial charge in [0.15, 0.2) is 0 Å². The summed E-state index contributed by atoms with van der Waals surface area (Å²) in [4.78, 5) is 11.0. The van der Waals surface area contributed by atoms with Crippen molar-refractivity contribution in [3.63, 3.8) is 0 Å². The van der Waals surface area contributed by atoms with E-state index in [0.29, 0.717) is 12.0 Å². The number of aromatic carboxylic acids is 1. The normalized spacial score (nSPS) is 12.5. The Labute approximate surface area is 89.9 Å². The third-order valence-electron chi connectivity index (χ3n) is 2.52. The third-order valence-corrected chi connectivity index (χ3v) is 2.52. The Hall–Kier alpha value is -1.35. The van der Waals surface area contributed by atoms with E-state index in [0.717, 1.165) is 16.7 Å². The summed E-state index contributed by atoms with van der Waals surface area (Å²) in [6.45, 7) is 5.66. The summed E-state index contributed by atoms with van der Waals surface area (Å²) >= 11 is 0. The first-order valence-electron chi connectivity index (χ1n) is 5.00. The molecule has 0 heterocycles. The Kier molecular flexibility index (Phi) is 3.48. The molecule has 3 nitrogen and oxygen atoms in total. The molecule has 0 bridgehead atoms. The Morgan fingerprint density at radius 1 is 1.47 bits per heavy atom. The van der Waals surface area contributed by atoms with Crippen LogP contribution in [-0.4, -0.2) is 17.1 Å². The number of nitrogens with two attached hydrogens (primary N) is 1. The van der Waals surface area contributed by atoms with Gasteiger partial charge in [-0.2, -0.15) is 0 Å². The summed E-state index contributed by atoms with van der Waals surface area (Å²) in [6, 6.07) is 3.77. The molecule has 15 heavy (non-hydrogen) atoms. The van der Waals surface area contributed by atoms with Crippen molar-refractivity contribution in [3.8, 4) is 0 Å². The van der Waals surface area contributed by atoms with E-state index in [1.54, 1.807) is 6.07 Å². The molecule has 0 aliphatic heterocycles. The minimum atomic E-state index is -0.873. The van der Waals surface area contributed by atoms with Crippen LogP contribution in [0.4, 0.5) is 0 Å². The Morgan fingerprint density at radius 2 is 2.07 bits per heavy atom. The molecule has 0 radical (unpaired) electrons. The monoisotopic (exact) mass is 207 g/mol. The maximum absolute atomic E-state index is 11.0. The molecule has 0 aromatic heterocycles. The SMILES string of the molecule is Cc1cc(CC(C)N)cc(C(=O)O)c1C. The Morgan fingerprint density at radius 3 is 2.53 bits per heavy atom. The van der Waals surface area contributed by atoms with Gasteiger partial charge in [-0.3, -0.25) is 0 Å². The van der Waals surface area contributed by atoms with E-state index in [9.17, 15) is 4.79 Å². The molecule has 1 aromatic rings. The molecule has 1 atom stereocenters. The van der Waals surface area contributed by atoms with Gasteiger partial charge in [0.25, 0.3) is 0 Å². The van der Waals surface area contributed by atoms with E-state index in [1.807, 2.05) is 26.8 Å². The minimum Gasteiger partial charge on any atom is -0.478 e. The fourth-order valence-electron chi connectivity index (χ4n) is 1.65. The summed E-state index contributed by atoms with van der Waals surface area (Å²) in [6.07, 6.45) is 0.710. The number of aryl methyl sites for hydroxylation is 1. The van der Waals surface area contributed by atoms with Crippen LogP contribution in [-0.2, 0) is 6.42 Å². The van der Waals surface area contributed by atoms with Crippen molar-refractivity contribution in [2.24, 2.45) is 5.73 Å². The lowest BCUT2D eigenvalue weighted by Gasteiger charge is -2.10. The predicted molar refractivity (Wildman–Crippen MR) is 60.2 cm³/mol. The molecular weight excluding hydrogens is 190 g/mol. The number of carboxylic acid groups (broad SMARTS) is 1. The van der Waals surface area contributed by atoms with Crippen molar-refractivity contribution in [3.05, 3.63) is 34.4 Å². The molecule has 0 aliphatic carbocycles. The highest BCUT2D eigenvalue weighted by Crippen LogP contribution is 2.17. The first-order chi connectivity index (χ1) is 6.91. The number of hydrogen-bond donors (Lipinski definition) is 2. The molecule has 82 valence electrons. The van der Waals surface area contributed by atoms with Gasteiger partial charge in [0, 0.05) is 6.04 Å². The minimum absolute atomic E-state index is 0.0498. The predicted octanol–water partition coefficient (Wildman–Crippen LogP) is 1.89. The van der Waals surface area contributed by atoms with Gasteiger partial charge in [-0.05, 0) is 49.9 Å². The van der Waals surface area contributed by atoms with Crippen molar-refractivity contribution < 1.29 is 9.90 Å². The fraction of sp³-hybridized carbons (Fsp3) is 0.417. The first-order valence-corrected chi connectivity index (χ1v) is 5.00. The molecular formula is C12H17NO2. The summed E-state index contributed by atoms with van der Waals surface area (Å²) in [5.74, 6) is -0.873. The van der Waals surface area contributed by atoms with Crippen LogP contribution in [0.5, 0.6) is 0 Å². The van der Waals surface area contributed by atoms with E-state index in [-0.39, 0.29) is 6.04 Å². The smallest absolute Gasteiger partial charge is 0.335 e. The first kappa shape index (κ1) is 11.7. The zero-order valence-corrected chi connectivity index (χ0v) is 9.37. The van der Waals surface area contributed by atoms with Crippen LogP contribution in [0, 0.1) is 13.8 Å². The lowest BCUT2D eigenvalue weighted by Crippen LogP contribution is -2.18. The standard InChI is InChI=1S/C12H17NO2/c1-7-4-10(5-8(2)13)6-11(9(7)3)12(14)15/h4,6,8H,5,13H2,1-3H3,(H,14,15). The highest BCUT2D eigenvalue weighted by atomic mass is 16.4. The molecule has 0 saturated heterocycles. The number of carbonyl (C=O) groups is 1. The van der Waals surface area contributed by atoms with Crippen LogP contribution < -0.4 is 5.73 Å². The quantitative estimate of drug-likeness (QED) is 0.795. The lowest BCUT2D eigenvalue weighted by molar-refractivity contribution is 0.0696. The summed E-state index contributed by atoms with van der Waals surface area (Å²) in [7, 11) is 0. The maximum Gasteiger partial charge on any atom is 0.335 e. The molecule has 0 amide bonds. The summed E-state index contributed by atoms with van der Waals surface area (Å²) in [5, 5.41) is 9.02. The lowest BCUT2D eigenvalue weighted by atomic mass is 9.97. The topological polar surface area (TPSA) is 63.3 Å². The molecule has 3 N–H and O–H groups in total. The molecule has 1 unspecified atom stereocenters. The van der Waals surface area contributed by atoms with Crippen LogP contribution in [0.3, 0.4) is 0 Å². The van der Waals surface area contributed by atoms with E-state index in [2.05, 4.69) is 0 Å². The largest absolute Gasteiger partial charge is 0.478 e. The van der Waals surface area contributed by atoms with E-state index >= 15 is 0 Å². The van der Waals surface area contributed by atoms with E-state index in [4.69, 9.17) is 10.8 Å². The number of benzene rings is 1. The van der Waals surface area contributed by atoms with E-state index in [1.165, 1.54) is 0 Å². The third kappa shape index (κ3) is 2.80. The Bertz CT molecular complexity index is 383. The zero-order chi connectivity index (χ0) is 11.6. The van der Waals surface area contributed by atoms with Crippen LogP contribution in [0.2, 0.25) is 0 Å². The molecule has 0 spiro atoms. The van der Waals surface area contributed by atoms with Crippen molar-refractivity contribution in [1.82, 2.24) is 0 Å². The fourth-order valence-corrected chi connectivity index (χ4v) is 1.65. The molecule has 0 aliphatic rings. The van der Waals surface area contributed by atoms with Gasteiger partial charge in [0.05, 0.1) is 5.56 Å². The second-order valence-corrected chi connectivity index (χ2v) is 4.07. The maximum atomic E-state index is 11.0. The van der Waals surface area contributed by atoms with E-state index < -0.39 is 5.97 Å². The van der Waals surface area contributed by atoms with Gasteiger partial charge >= 0.3 is 5.97 Å².